The number of halogens is 1. The van der Waals surface area contributed by atoms with E-state index in [2.05, 4.69) is 15.7 Å². The quantitative estimate of drug-likeness (QED) is 0.894. The lowest BCUT2D eigenvalue weighted by atomic mass is 9.93. The molecule has 2 N–H and O–H groups in total. The first-order valence-corrected chi connectivity index (χ1v) is 8.41. The largest absolute Gasteiger partial charge is 0.496 e. The highest BCUT2D eigenvalue weighted by Gasteiger charge is 2.25. The zero-order valence-electron chi connectivity index (χ0n) is 14.7. The molecule has 0 saturated carbocycles. The van der Waals surface area contributed by atoms with Crippen LogP contribution in [0.4, 0.5) is 9.18 Å². The molecule has 0 aliphatic heterocycles. The Hall–Kier alpha value is -2.57. The van der Waals surface area contributed by atoms with E-state index in [4.69, 9.17) is 4.74 Å². The van der Waals surface area contributed by atoms with Crippen molar-refractivity contribution in [1.29, 1.82) is 0 Å². The molecule has 25 heavy (non-hydrogen) atoms. The van der Waals surface area contributed by atoms with E-state index < -0.39 is 11.9 Å². The Kier molecular flexibility index (Phi) is 4.92. The SMILES string of the molecule is COc1cccc(F)c1[C@@H](C)NC(=O)N[C@H]1CCCc2nn(C)cc21. The number of rotatable bonds is 4. The lowest BCUT2D eigenvalue weighted by molar-refractivity contribution is 0.232. The molecule has 1 aliphatic rings. The van der Waals surface area contributed by atoms with Gasteiger partial charge in [-0.25, -0.2) is 9.18 Å². The van der Waals surface area contributed by atoms with Gasteiger partial charge in [-0.3, -0.25) is 4.68 Å². The van der Waals surface area contributed by atoms with Crippen molar-refractivity contribution in [2.75, 3.05) is 7.11 Å². The highest BCUT2D eigenvalue weighted by atomic mass is 19.1. The van der Waals surface area contributed by atoms with Gasteiger partial charge in [0.2, 0.25) is 0 Å². The van der Waals surface area contributed by atoms with Crippen molar-refractivity contribution in [2.45, 2.75) is 38.3 Å². The molecular weight excluding hydrogens is 323 g/mol. The summed E-state index contributed by atoms with van der Waals surface area (Å²) in [5.41, 5.74) is 2.42. The molecule has 134 valence electrons. The molecule has 0 bridgehead atoms. The van der Waals surface area contributed by atoms with E-state index in [1.165, 1.54) is 13.2 Å². The summed E-state index contributed by atoms with van der Waals surface area (Å²) in [7, 11) is 3.36. The third-order valence-corrected chi connectivity index (χ3v) is 4.54. The molecule has 0 fully saturated rings. The van der Waals surface area contributed by atoms with Gasteiger partial charge in [-0.05, 0) is 38.3 Å². The van der Waals surface area contributed by atoms with Gasteiger partial charge in [0.25, 0.3) is 0 Å². The standard InChI is InChI=1S/C18H23FN4O2/c1-11(17-13(19)6-4-9-16(17)25-3)20-18(24)21-14-7-5-8-15-12(14)10-23(2)22-15/h4,6,9-11,14H,5,7-8H2,1-3H3,(H2,20,21,24)/t11-,14+/m1/s1. The topological polar surface area (TPSA) is 68.2 Å². The second kappa shape index (κ2) is 7.13. The normalized spacial score (nSPS) is 17.5. The van der Waals surface area contributed by atoms with Gasteiger partial charge >= 0.3 is 6.03 Å². The fourth-order valence-electron chi connectivity index (χ4n) is 3.40. The van der Waals surface area contributed by atoms with Crippen LogP contribution in [0, 0.1) is 5.82 Å². The fraction of sp³-hybridized carbons (Fsp3) is 0.444. The summed E-state index contributed by atoms with van der Waals surface area (Å²) in [5, 5.41) is 10.2. The van der Waals surface area contributed by atoms with Gasteiger partial charge in [0.15, 0.2) is 0 Å². The van der Waals surface area contributed by atoms with Crippen molar-refractivity contribution in [1.82, 2.24) is 20.4 Å². The minimum absolute atomic E-state index is 0.0767. The Morgan fingerprint density at radius 3 is 3.04 bits per heavy atom. The summed E-state index contributed by atoms with van der Waals surface area (Å²) in [6.45, 7) is 1.73. The first-order chi connectivity index (χ1) is 12.0. The Bertz CT molecular complexity index is 774. The molecule has 2 aromatic rings. The number of fused-ring (bicyclic) bond motifs is 1. The minimum atomic E-state index is -0.520. The predicted molar refractivity (Wildman–Crippen MR) is 91.9 cm³/mol. The highest BCUT2D eigenvalue weighted by Crippen LogP contribution is 2.30. The van der Waals surface area contributed by atoms with Crippen LogP contribution in [0.1, 0.15) is 48.7 Å². The van der Waals surface area contributed by atoms with Crippen LogP contribution in [0.2, 0.25) is 0 Å². The third kappa shape index (κ3) is 3.60. The van der Waals surface area contributed by atoms with E-state index in [9.17, 15) is 9.18 Å². The predicted octanol–water partition coefficient (Wildman–Crippen LogP) is 3.01. The first-order valence-electron chi connectivity index (χ1n) is 8.41. The van der Waals surface area contributed by atoms with Crippen molar-refractivity contribution in [3.63, 3.8) is 0 Å². The van der Waals surface area contributed by atoms with E-state index >= 15 is 0 Å². The summed E-state index contributed by atoms with van der Waals surface area (Å²) < 4.78 is 21.1. The number of carbonyl (C=O) groups excluding carboxylic acids is 1. The van der Waals surface area contributed by atoms with Gasteiger partial charge < -0.3 is 15.4 Å². The average Bonchev–Trinajstić information content (AvgIpc) is 2.95. The lowest BCUT2D eigenvalue weighted by Crippen LogP contribution is -2.40. The number of carbonyl (C=O) groups is 1. The number of aromatic nitrogens is 2. The molecule has 6 nitrogen and oxygen atoms in total. The van der Waals surface area contributed by atoms with E-state index in [1.807, 2.05) is 13.2 Å². The van der Waals surface area contributed by atoms with Crippen LogP contribution >= 0.6 is 0 Å². The second-order valence-corrected chi connectivity index (χ2v) is 6.34. The molecule has 0 radical (unpaired) electrons. The zero-order valence-corrected chi connectivity index (χ0v) is 14.7. The lowest BCUT2D eigenvalue weighted by Gasteiger charge is -2.24. The van der Waals surface area contributed by atoms with E-state index in [-0.39, 0.29) is 12.1 Å². The molecular formula is C18H23FN4O2. The molecule has 3 rings (SSSR count). The van der Waals surface area contributed by atoms with Crippen LogP contribution in [0.25, 0.3) is 0 Å². The third-order valence-electron chi connectivity index (χ3n) is 4.54. The summed E-state index contributed by atoms with van der Waals surface area (Å²) in [4.78, 5) is 12.4. The Labute approximate surface area is 146 Å². The number of benzene rings is 1. The van der Waals surface area contributed by atoms with Crippen LogP contribution in [-0.4, -0.2) is 22.9 Å². The van der Waals surface area contributed by atoms with Crippen LogP contribution in [0.5, 0.6) is 5.75 Å². The van der Waals surface area contributed by atoms with Gasteiger partial charge in [0.1, 0.15) is 11.6 Å². The minimum Gasteiger partial charge on any atom is -0.496 e. The van der Waals surface area contributed by atoms with E-state index in [1.54, 1.807) is 23.7 Å². The number of hydrogen-bond donors (Lipinski definition) is 2. The Morgan fingerprint density at radius 2 is 2.28 bits per heavy atom. The number of ether oxygens (including phenoxy) is 1. The molecule has 1 heterocycles. The summed E-state index contributed by atoms with van der Waals surface area (Å²) in [6, 6.07) is 3.69. The molecule has 0 unspecified atom stereocenters. The van der Waals surface area contributed by atoms with Gasteiger partial charge in [0, 0.05) is 18.8 Å². The summed E-state index contributed by atoms with van der Waals surface area (Å²) in [6.07, 6.45) is 4.72. The number of aryl methyl sites for hydroxylation is 2. The maximum Gasteiger partial charge on any atom is 0.315 e. The maximum atomic E-state index is 14.1. The van der Waals surface area contributed by atoms with Gasteiger partial charge in [-0.15, -0.1) is 0 Å². The average molecular weight is 346 g/mol. The molecule has 2 amide bonds. The van der Waals surface area contributed by atoms with Gasteiger partial charge in [-0.1, -0.05) is 6.07 Å². The molecule has 7 heteroatoms. The number of nitrogens with zero attached hydrogens (tertiary/aromatic N) is 2. The van der Waals surface area contributed by atoms with Crippen molar-refractivity contribution in [2.24, 2.45) is 7.05 Å². The van der Waals surface area contributed by atoms with Crippen molar-refractivity contribution >= 4 is 6.03 Å². The Morgan fingerprint density at radius 1 is 1.48 bits per heavy atom. The molecule has 1 aromatic heterocycles. The smallest absolute Gasteiger partial charge is 0.315 e. The summed E-state index contributed by atoms with van der Waals surface area (Å²) >= 11 is 0. The van der Waals surface area contributed by atoms with Crippen molar-refractivity contribution in [3.8, 4) is 5.75 Å². The maximum absolute atomic E-state index is 14.1. The van der Waals surface area contributed by atoms with E-state index in [0.717, 1.165) is 30.5 Å². The molecule has 1 aliphatic carbocycles. The number of amides is 2. The Balaban J connectivity index is 1.69. The molecule has 1 aromatic carbocycles. The fourth-order valence-corrected chi connectivity index (χ4v) is 3.40. The van der Waals surface area contributed by atoms with Crippen LogP contribution in [0.15, 0.2) is 24.4 Å². The second-order valence-electron chi connectivity index (χ2n) is 6.34. The van der Waals surface area contributed by atoms with Crippen molar-refractivity contribution < 1.29 is 13.9 Å². The van der Waals surface area contributed by atoms with Crippen LogP contribution < -0.4 is 15.4 Å². The molecule has 2 atom stereocenters. The van der Waals surface area contributed by atoms with Gasteiger partial charge in [0.05, 0.1) is 30.5 Å². The van der Waals surface area contributed by atoms with Crippen LogP contribution in [0.3, 0.4) is 0 Å². The summed E-state index contributed by atoms with van der Waals surface area (Å²) in [5.74, 6) is 0.0133. The number of hydrogen-bond acceptors (Lipinski definition) is 3. The number of methoxy groups -OCH3 is 1. The number of nitrogens with one attached hydrogen (secondary N) is 2. The van der Waals surface area contributed by atoms with Gasteiger partial charge in [-0.2, -0.15) is 5.10 Å². The van der Waals surface area contributed by atoms with Crippen molar-refractivity contribution in [3.05, 3.63) is 47.0 Å². The monoisotopic (exact) mass is 346 g/mol. The first kappa shape index (κ1) is 17.3. The van der Waals surface area contributed by atoms with Crippen LogP contribution in [-0.2, 0) is 13.5 Å². The zero-order chi connectivity index (χ0) is 18.0. The van der Waals surface area contributed by atoms with E-state index in [0.29, 0.717) is 11.3 Å². The molecule has 0 saturated heterocycles. The molecule has 0 spiro atoms. The highest BCUT2D eigenvalue weighted by molar-refractivity contribution is 5.75. The number of urea groups is 1.